The minimum Gasteiger partial charge on any atom is -0.496 e. The zero-order chi connectivity index (χ0) is 16.7. The van der Waals surface area contributed by atoms with Gasteiger partial charge in [0.1, 0.15) is 18.1 Å². The molecule has 0 radical (unpaired) electrons. The molecule has 2 rings (SSSR count). The molecule has 0 spiro atoms. The first kappa shape index (κ1) is 16.6. The predicted octanol–water partition coefficient (Wildman–Crippen LogP) is 3.75. The molecule has 2 aromatic carbocycles. The minimum absolute atomic E-state index is 0.0737. The molecule has 0 aliphatic heterocycles. The Morgan fingerprint density at radius 1 is 1.26 bits per heavy atom. The van der Waals surface area contributed by atoms with Gasteiger partial charge in [0.05, 0.1) is 13.5 Å². The Balaban J connectivity index is 1.99. The highest BCUT2D eigenvalue weighted by molar-refractivity contribution is 5.92. The molecule has 2 aromatic rings. The third kappa shape index (κ3) is 4.88. The van der Waals surface area contributed by atoms with Crippen molar-refractivity contribution >= 4 is 11.6 Å². The summed E-state index contributed by atoms with van der Waals surface area (Å²) >= 11 is 0. The molecule has 0 saturated heterocycles. The summed E-state index contributed by atoms with van der Waals surface area (Å²) in [6.07, 6.45) is 1.99. The second-order valence-electron chi connectivity index (χ2n) is 5.16. The van der Waals surface area contributed by atoms with E-state index in [0.29, 0.717) is 24.5 Å². The number of anilines is 1. The quantitative estimate of drug-likeness (QED) is 0.792. The van der Waals surface area contributed by atoms with Crippen LogP contribution in [0.3, 0.4) is 0 Å². The SMILES string of the molecule is C=CCOc1cccc(NC(=O)Cc2ccc(OC)c(C)c2)c1. The molecule has 0 unspecified atom stereocenters. The molecular formula is C19H21NO3. The lowest BCUT2D eigenvalue weighted by Gasteiger charge is -2.09. The number of carbonyl (C=O) groups excluding carboxylic acids is 1. The van der Waals surface area contributed by atoms with Crippen LogP contribution < -0.4 is 14.8 Å². The average Bonchev–Trinajstić information content (AvgIpc) is 2.53. The number of nitrogens with one attached hydrogen (secondary N) is 1. The lowest BCUT2D eigenvalue weighted by Crippen LogP contribution is -2.14. The number of benzene rings is 2. The monoisotopic (exact) mass is 311 g/mol. The number of hydrogen-bond acceptors (Lipinski definition) is 3. The summed E-state index contributed by atoms with van der Waals surface area (Å²) in [5, 5.41) is 2.88. The van der Waals surface area contributed by atoms with Gasteiger partial charge >= 0.3 is 0 Å². The fourth-order valence-electron chi connectivity index (χ4n) is 2.26. The lowest BCUT2D eigenvalue weighted by atomic mass is 10.1. The van der Waals surface area contributed by atoms with Crippen LogP contribution in [0.5, 0.6) is 11.5 Å². The summed E-state index contributed by atoms with van der Waals surface area (Å²) in [4.78, 5) is 12.2. The number of methoxy groups -OCH3 is 1. The van der Waals surface area contributed by atoms with E-state index in [9.17, 15) is 4.79 Å². The second-order valence-corrected chi connectivity index (χ2v) is 5.16. The van der Waals surface area contributed by atoms with Crippen LogP contribution in [0.15, 0.2) is 55.1 Å². The Kier molecular flexibility index (Phi) is 5.80. The third-order valence-corrected chi connectivity index (χ3v) is 3.31. The number of carbonyl (C=O) groups is 1. The topological polar surface area (TPSA) is 47.6 Å². The average molecular weight is 311 g/mol. The molecular weight excluding hydrogens is 290 g/mol. The van der Waals surface area contributed by atoms with Crippen molar-refractivity contribution < 1.29 is 14.3 Å². The van der Waals surface area contributed by atoms with Crippen molar-refractivity contribution in [2.75, 3.05) is 19.0 Å². The molecule has 0 aliphatic carbocycles. The molecule has 0 bridgehead atoms. The first-order valence-corrected chi connectivity index (χ1v) is 7.39. The molecule has 0 fully saturated rings. The van der Waals surface area contributed by atoms with Gasteiger partial charge in [-0.3, -0.25) is 4.79 Å². The van der Waals surface area contributed by atoms with Crippen LogP contribution in [0.2, 0.25) is 0 Å². The van der Waals surface area contributed by atoms with Crippen molar-refractivity contribution in [3.05, 3.63) is 66.2 Å². The highest BCUT2D eigenvalue weighted by Gasteiger charge is 2.07. The molecule has 1 amide bonds. The van der Waals surface area contributed by atoms with E-state index in [1.165, 1.54) is 0 Å². The van der Waals surface area contributed by atoms with Gasteiger partial charge < -0.3 is 14.8 Å². The Bertz CT molecular complexity index is 695. The van der Waals surface area contributed by atoms with Crippen molar-refractivity contribution in [2.24, 2.45) is 0 Å². The summed E-state index contributed by atoms with van der Waals surface area (Å²) < 4.78 is 10.7. The lowest BCUT2D eigenvalue weighted by molar-refractivity contribution is -0.115. The van der Waals surface area contributed by atoms with E-state index in [1.54, 1.807) is 19.3 Å². The molecule has 23 heavy (non-hydrogen) atoms. The van der Waals surface area contributed by atoms with E-state index < -0.39 is 0 Å². The number of ether oxygens (including phenoxy) is 2. The fraction of sp³-hybridized carbons (Fsp3) is 0.211. The number of hydrogen-bond donors (Lipinski definition) is 1. The van der Waals surface area contributed by atoms with E-state index in [4.69, 9.17) is 9.47 Å². The molecule has 4 heteroatoms. The summed E-state index contributed by atoms with van der Waals surface area (Å²) in [5.74, 6) is 1.44. The first-order chi connectivity index (χ1) is 11.1. The fourth-order valence-corrected chi connectivity index (χ4v) is 2.26. The maximum Gasteiger partial charge on any atom is 0.228 e. The van der Waals surface area contributed by atoms with Gasteiger partial charge in [-0.25, -0.2) is 0 Å². The van der Waals surface area contributed by atoms with Crippen molar-refractivity contribution in [1.29, 1.82) is 0 Å². The highest BCUT2D eigenvalue weighted by atomic mass is 16.5. The smallest absolute Gasteiger partial charge is 0.228 e. The van der Waals surface area contributed by atoms with Crippen molar-refractivity contribution in [3.63, 3.8) is 0 Å². The molecule has 0 heterocycles. The highest BCUT2D eigenvalue weighted by Crippen LogP contribution is 2.20. The summed E-state index contributed by atoms with van der Waals surface area (Å²) in [6, 6.07) is 13.0. The molecule has 0 saturated carbocycles. The molecule has 0 aliphatic rings. The third-order valence-electron chi connectivity index (χ3n) is 3.31. The minimum atomic E-state index is -0.0737. The van der Waals surface area contributed by atoms with Crippen molar-refractivity contribution in [1.82, 2.24) is 0 Å². The van der Waals surface area contributed by atoms with Crippen LogP contribution in [0.4, 0.5) is 5.69 Å². The van der Waals surface area contributed by atoms with Gasteiger partial charge in [0, 0.05) is 11.8 Å². The molecule has 0 atom stereocenters. The van der Waals surface area contributed by atoms with Gasteiger partial charge in [-0.15, -0.1) is 0 Å². The molecule has 120 valence electrons. The van der Waals surface area contributed by atoms with E-state index in [1.807, 2.05) is 43.3 Å². The summed E-state index contributed by atoms with van der Waals surface area (Å²) in [6.45, 7) is 6.00. The number of rotatable bonds is 7. The molecule has 1 N–H and O–H groups in total. The van der Waals surface area contributed by atoms with Gasteiger partial charge in [0.15, 0.2) is 0 Å². The van der Waals surface area contributed by atoms with Crippen LogP contribution in [0.1, 0.15) is 11.1 Å². The van der Waals surface area contributed by atoms with Crippen LogP contribution >= 0.6 is 0 Å². The second kappa shape index (κ2) is 8.03. The van der Waals surface area contributed by atoms with Gasteiger partial charge in [-0.2, -0.15) is 0 Å². The Hall–Kier alpha value is -2.75. The Morgan fingerprint density at radius 2 is 2.09 bits per heavy atom. The predicted molar refractivity (Wildman–Crippen MR) is 92.2 cm³/mol. The van der Waals surface area contributed by atoms with Crippen LogP contribution in [0, 0.1) is 6.92 Å². The zero-order valence-corrected chi connectivity index (χ0v) is 13.5. The van der Waals surface area contributed by atoms with E-state index >= 15 is 0 Å². The maximum atomic E-state index is 12.2. The van der Waals surface area contributed by atoms with Crippen molar-refractivity contribution in [3.8, 4) is 11.5 Å². The number of amides is 1. The largest absolute Gasteiger partial charge is 0.496 e. The van der Waals surface area contributed by atoms with E-state index in [-0.39, 0.29) is 5.91 Å². The molecule has 0 aromatic heterocycles. The van der Waals surface area contributed by atoms with E-state index in [2.05, 4.69) is 11.9 Å². The van der Waals surface area contributed by atoms with Crippen LogP contribution in [0.25, 0.3) is 0 Å². The van der Waals surface area contributed by atoms with E-state index in [0.717, 1.165) is 16.9 Å². The van der Waals surface area contributed by atoms with Gasteiger partial charge in [0.2, 0.25) is 5.91 Å². The summed E-state index contributed by atoms with van der Waals surface area (Å²) in [5.41, 5.74) is 2.67. The summed E-state index contributed by atoms with van der Waals surface area (Å²) in [7, 11) is 1.64. The Morgan fingerprint density at radius 3 is 2.78 bits per heavy atom. The number of aryl methyl sites for hydroxylation is 1. The molecule has 4 nitrogen and oxygen atoms in total. The normalized spacial score (nSPS) is 10.0. The van der Waals surface area contributed by atoms with Crippen LogP contribution in [-0.2, 0) is 11.2 Å². The van der Waals surface area contributed by atoms with Gasteiger partial charge in [-0.1, -0.05) is 30.9 Å². The Labute approximate surface area is 136 Å². The van der Waals surface area contributed by atoms with Crippen molar-refractivity contribution in [2.45, 2.75) is 13.3 Å². The first-order valence-electron chi connectivity index (χ1n) is 7.39. The zero-order valence-electron chi connectivity index (χ0n) is 13.5. The van der Waals surface area contributed by atoms with Gasteiger partial charge in [-0.05, 0) is 36.2 Å². The van der Waals surface area contributed by atoms with Crippen LogP contribution in [-0.4, -0.2) is 19.6 Å². The maximum absolute atomic E-state index is 12.2. The van der Waals surface area contributed by atoms with Gasteiger partial charge in [0.25, 0.3) is 0 Å². The standard InChI is InChI=1S/C19H21NO3/c1-4-10-23-17-7-5-6-16(13-17)20-19(21)12-15-8-9-18(22-3)14(2)11-15/h4-9,11,13H,1,10,12H2,2-3H3,(H,20,21).